The van der Waals surface area contributed by atoms with E-state index in [0.717, 1.165) is 22.6 Å². The lowest BCUT2D eigenvalue weighted by Gasteiger charge is -2.12. The van der Waals surface area contributed by atoms with Crippen molar-refractivity contribution < 1.29 is 4.92 Å². The Morgan fingerprint density at radius 3 is 2.44 bits per heavy atom. The van der Waals surface area contributed by atoms with Crippen molar-refractivity contribution in [3.05, 3.63) is 81.7 Å². The van der Waals surface area contributed by atoms with Crippen LogP contribution in [0.5, 0.6) is 0 Å². The molecule has 27 heavy (non-hydrogen) atoms. The van der Waals surface area contributed by atoms with Crippen molar-refractivity contribution in [3.63, 3.8) is 0 Å². The Hall–Kier alpha value is -3.26. The minimum Gasteiger partial charge on any atom is -0.332 e. The average molecular weight is 381 g/mol. The maximum absolute atomic E-state index is 10.7. The number of benzene rings is 2. The first-order chi connectivity index (χ1) is 12.9. The number of anilines is 2. The van der Waals surface area contributed by atoms with E-state index in [2.05, 4.69) is 15.7 Å². The summed E-state index contributed by atoms with van der Waals surface area (Å²) in [4.78, 5) is 10.3. The molecule has 2 aromatic carbocycles. The zero-order valence-corrected chi connectivity index (χ0v) is 15.8. The molecule has 0 atom stereocenters. The fourth-order valence-electron chi connectivity index (χ4n) is 2.72. The smallest absolute Gasteiger partial charge is 0.269 e. The van der Waals surface area contributed by atoms with Gasteiger partial charge in [-0.1, -0.05) is 12.1 Å². The highest BCUT2D eigenvalue weighted by molar-refractivity contribution is 7.80. The Balaban J connectivity index is 1.64. The molecule has 0 unspecified atom stereocenters. The molecule has 0 spiro atoms. The molecule has 7 nitrogen and oxygen atoms in total. The number of non-ortho nitro benzene ring substituents is 1. The van der Waals surface area contributed by atoms with Gasteiger partial charge in [0.15, 0.2) is 5.11 Å². The second-order valence-electron chi connectivity index (χ2n) is 6.17. The van der Waals surface area contributed by atoms with Crippen LogP contribution in [-0.4, -0.2) is 19.8 Å². The van der Waals surface area contributed by atoms with Crippen LogP contribution in [0.3, 0.4) is 0 Å². The van der Waals surface area contributed by atoms with Crippen molar-refractivity contribution in [1.29, 1.82) is 0 Å². The molecule has 0 radical (unpaired) electrons. The van der Waals surface area contributed by atoms with E-state index in [4.69, 9.17) is 12.2 Å². The Labute approximate surface area is 162 Å². The maximum atomic E-state index is 10.7. The molecule has 2 N–H and O–H groups in total. The van der Waals surface area contributed by atoms with Crippen LogP contribution in [0.2, 0.25) is 0 Å². The summed E-state index contributed by atoms with van der Waals surface area (Å²) in [5.74, 6) is 0. The molecule has 1 aromatic heterocycles. The first-order valence-corrected chi connectivity index (χ1v) is 8.74. The highest BCUT2D eigenvalue weighted by atomic mass is 32.1. The van der Waals surface area contributed by atoms with Gasteiger partial charge in [0, 0.05) is 29.2 Å². The van der Waals surface area contributed by atoms with Crippen LogP contribution in [-0.2, 0) is 6.54 Å². The molecule has 138 valence electrons. The van der Waals surface area contributed by atoms with Crippen molar-refractivity contribution in [1.82, 2.24) is 9.78 Å². The van der Waals surface area contributed by atoms with E-state index in [1.165, 1.54) is 12.1 Å². The number of nitro benzene ring substituents is 1. The standard InChI is InChI=1S/C19H19N5O2S/c1-13-10-14(2)23(22-13)12-15-4-3-5-17(11-15)21-19(27)20-16-6-8-18(9-7-16)24(25)26/h3-11H,12H2,1-2H3,(H2,20,21,27). The number of nitro groups is 1. The van der Waals surface area contributed by atoms with Crippen LogP contribution in [0.15, 0.2) is 54.6 Å². The zero-order chi connectivity index (χ0) is 19.4. The molecule has 0 aliphatic carbocycles. The Kier molecular flexibility index (Phi) is 5.46. The number of hydrogen-bond acceptors (Lipinski definition) is 4. The number of hydrogen-bond donors (Lipinski definition) is 2. The average Bonchev–Trinajstić information content (AvgIpc) is 2.92. The normalized spacial score (nSPS) is 10.4. The molecule has 0 bridgehead atoms. The van der Waals surface area contributed by atoms with Crippen LogP contribution >= 0.6 is 12.2 Å². The van der Waals surface area contributed by atoms with Crippen LogP contribution in [0.4, 0.5) is 17.1 Å². The molecule has 0 amide bonds. The van der Waals surface area contributed by atoms with Gasteiger partial charge < -0.3 is 10.6 Å². The number of thiocarbonyl (C=S) groups is 1. The lowest BCUT2D eigenvalue weighted by atomic mass is 10.2. The van der Waals surface area contributed by atoms with E-state index < -0.39 is 4.92 Å². The van der Waals surface area contributed by atoms with Gasteiger partial charge in [0.1, 0.15) is 0 Å². The molecular formula is C19H19N5O2S. The van der Waals surface area contributed by atoms with E-state index >= 15 is 0 Å². The van der Waals surface area contributed by atoms with E-state index in [0.29, 0.717) is 17.3 Å². The predicted octanol–water partition coefficient (Wildman–Crippen LogP) is 4.27. The second kappa shape index (κ2) is 7.96. The molecule has 0 aliphatic heterocycles. The molecule has 0 saturated carbocycles. The molecule has 8 heteroatoms. The van der Waals surface area contributed by atoms with E-state index in [9.17, 15) is 10.1 Å². The Morgan fingerprint density at radius 2 is 1.81 bits per heavy atom. The van der Waals surface area contributed by atoms with E-state index in [1.54, 1.807) is 12.1 Å². The summed E-state index contributed by atoms with van der Waals surface area (Å²) >= 11 is 5.33. The Morgan fingerprint density at radius 1 is 1.11 bits per heavy atom. The third-order valence-electron chi connectivity index (χ3n) is 3.96. The van der Waals surface area contributed by atoms with Gasteiger partial charge in [-0.3, -0.25) is 14.8 Å². The lowest BCUT2D eigenvalue weighted by Crippen LogP contribution is -2.19. The van der Waals surface area contributed by atoms with Crippen LogP contribution in [0.1, 0.15) is 17.0 Å². The first-order valence-electron chi connectivity index (χ1n) is 8.33. The number of rotatable bonds is 5. The van der Waals surface area contributed by atoms with Crippen molar-refractivity contribution in [2.45, 2.75) is 20.4 Å². The zero-order valence-electron chi connectivity index (χ0n) is 15.0. The van der Waals surface area contributed by atoms with Gasteiger partial charge in [-0.15, -0.1) is 0 Å². The van der Waals surface area contributed by atoms with Gasteiger partial charge in [0.2, 0.25) is 0 Å². The fraction of sp³-hybridized carbons (Fsp3) is 0.158. The summed E-state index contributed by atoms with van der Waals surface area (Å²) in [5.41, 5.74) is 4.78. The summed E-state index contributed by atoms with van der Waals surface area (Å²) in [6.07, 6.45) is 0. The SMILES string of the molecule is Cc1cc(C)n(Cc2cccc(NC(=S)Nc3ccc([N+](=O)[O-])cc3)c2)n1. The molecule has 0 saturated heterocycles. The topological polar surface area (TPSA) is 85.0 Å². The number of aromatic nitrogens is 2. The molecule has 0 fully saturated rings. The molecule has 1 heterocycles. The number of aryl methyl sites for hydroxylation is 2. The monoisotopic (exact) mass is 381 g/mol. The largest absolute Gasteiger partial charge is 0.332 e. The summed E-state index contributed by atoms with van der Waals surface area (Å²) in [6.45, 7) is 4.69. The maximum Gasteiger partial charge on any atom is 0.269 e. The first kappa shape index (κ1) is 18.5. The highest BCUT2D eigenvalue weighted by Crippen LogP contribution is 2.17. The van der Waals surface area contributed by atoms with Crippen LogP contribution in [0.25, 0.3) is 0 Å². The molecule has 0 aliphatic rings. The van der Waals surface area contributed by atoms with Crippen molar-refractivity contribution in [2.24, 2.45) is 0 Å². The third-order valence-corrected chi connectivity index (χ3v) is 4.16. The minimum absolute atomic E-state index is 0.0382. The predicted molar refractivity (Wildman–Crippen MR) is 110 cm³/mol. The Bertz CT molecular complexity index is 982. The fourth-order valence-corrected chi connectivity index (χ4v) is 2.95. The lowest BCUT2D eigenvalue weighted by molar-refractivity contribution is -0.384. The minimum atomic E-state index is -0.436. The summed E-state index contributed by atoms with van der Waals surface area (Å²) in [5, 5.41) is 21.7. The van der Waals surface area contributed by atoms with Crippen LogP contribution < -0.4 is 10.6 Å². The van der Waals surface area contributed by atoms with Gasteiger partial charge in [-0.05, 0) is 62.0 Å². The molecule has 3 aromatic rings. The van der Waals surface area contributed by atoms with Gasteiger partial charge in [-0.2, -0.15) is 5.10 Å². The second-order valence-corrected chi connectivity index (χ2v) is 6.58. The third kappa shape index (κ3) is 4.89. The molecule has 3 rings (SSSR count). The van der Waals surface area contributed by atoms with Gasteiger partial charge in [0.25, 0.3) is 5.69 Å². The van der Waals surface area contributed by atoms with Crippen LogP contribution in [0, 0.1) is 24.0 Å². The van der Waals surface area contributed by atoms with Gasteiger partial charge >= 0.3 is 0 Å². The quantitative estimate of drug-likeness (QED) is 0.390. The summed E-state index contributed by atoms with van der Waals surface area (Å²) < 4.78 is 1.96. The highest BCUT2D eigenvalue weighted by Gasteiger charge is 2.06. The molecular weight excluding hydrogens is 362 g/mol. The van der Waals surface area contributed by atoms with E-state index in [-0.39, 0.29) is 5.69 Å². The van der Waals surface area contributed by atoms with E-state index in [1.807, 2.05) is 48.9 Å². The number of nitrogens with zero attached hydrogens (tertiary/aromatic N) is 3. The summed E-state index contributed by atoms with van der Waals surface area (Å²) in [6, 6.07) is 16.1. The van der Waals surface area contributed by atoms with Crippen molar-refractivity contribution in [2.75, 3.05) is 10.6 Å². The van der Waals surface area contributed by atoms with Crippen molar-refractivity contribution >= 4 is 34.4 Å². The van der Waals surface area contributed by atoms with Gasteiger partial charge in [0.05, 0.1) is 17.2 Å². The summed E-state index contributed by atoms with van der Waals surface area (Å²) in [7, 11) is 0. The number of nitrogens with one attached hydrogen (secondary N) is 2. The van der Waals surface area contributed by atoms with Crippen molar-refractivity contribution in [3.8, 4) is 0 Å². The van der Waals surface area contributed by atoms with Gasteiger partial charge in [-0.25, -0.2) is 0 Å².